The van der Waals surface area contributed by atoms with E-state index in [1.165, 1.54) is 18.2 Å². The zero-order valence-electron chi connectivity index (χ0n) is 12.3. The minimum atomic E-state index is -3.15. The van der Waals surface area contributed by atoms with Gasteiger partial charge in [0.25, 0.3) is 5.91 Å². The number of amides is 1. The summed E-state index contributed by atoms with van der Waals surface area (Å²) in [6.07, 6.45) is 0.312. The second-order valence-corrected chi connectivity index (χ2v) is 8.31. The molecule has 1 heterocycles. The first-order valence-corrected chi connectivity index (χ1v) is 8.97. The van der Waals surface area contributed by atoms with Gasteiger partial charge >= 0.3 is 5.97 Å². The Morgan fingerprint density at radius 3 is 2.70 bits per heavy atom. The lowest BCUT2D eigenvalue weighted by Gasteiger charge is -2.23. The van der Waals surface area contributed by atoms with E-state index >= 15 is 0 Å². The number of phenolic OH excluding ortho intramolecular Hbond substituents is 1. The molecule has 7 nitrogen and oxygen atoms in total. The summed E-state index contributed by atoms with van der Waals surface area (Å²) in [6.45, 7) is 1.05. The van der Waals surface area contributed by atoms with Crippen molar-refractivity contribution in [3.63, 3.8) is 0 Å². The molecule has 0 saturated carbocycles. The van der Waals surface area contributed by atoms with Gasteiger partial charge < -0.3 is 15.2 Å². The molecule has 1 fully saturated rings. The van der Waals surface area contributed by atoms with Gasteiger partial charge in [0.15, 0.2) is 16.4 Å². The minimum Gasteiger partial charge on any atom is -0.507 e. The SMILES string of the molecule is C[C@]1(NC(=O)COC(=O)c2ccc(Cl)cc2O)CCS(=O)(=O)C1. The Hall–Kier alpha value is -1.80. The Balaban J connectivity index is 1.90. The number of halogens is 1. The first kappa shape index (κ1) is 17.6. The van der Waals surface area contributed by atoms with Gasteiger partial charge in [-0.3, -0.25) is 4.79 Å². The van der Waals surface area contributed by atoms with Gasteiger partial charge in [-0.25, -0.2) is 13.2 Å². The van der Waals surface area contributed by atoms with E-state index in [2.05, 4.69) is 5.32 Å². The van der Waals surface area contributed by atoms with E-state index in [0.717, 1.165) is 0 Å². The molecule has 0 bridgehead atoms. The number of phenols is 1. The molecule has 0 aliphatic carbocycles. The van der Waals surface area contributed by atoms with Crippen molar-refractivity contribution in [2.45, 2.75) is 18.9 Å². The third-order valence-corrected chi connectivity index (χ3v) is 5.60. The van der Waals surface area contributed by atoms with Crippen molar-refractivity contribution < 1.29 is 27.9 Å². The molecule has 9 heteroatoms. The summed E-state index contributed by atoms with van der Waals surface area (Å²) in [5, 5.41) is 12.4. The van der Waals surface area contributed by atoms with E-state index < -0.39 is 33.9 Å². The normalized spacial score (nSPS) is 22.5. The number of nitrogens with one attached hydrogen (secondary N) is 1. The predicted octanol–water partition coefficient (Wildman–Crippen LogP) is 0.896. The maximum Gasteiger partial charge on any atom is 0.342 e. The first-order valence-electron chi connectivity index (χ1n) is 6.77. The van der Waals surface area contributed by atoms with E-state index in [-0.39, 0.29) is 27.8 Å². The fourth-order valence-corrected chi connectivity index (χ4v) is 4.63. The Morgan fingerprint density at radius 1 is 1.43 bits per heavy atom. The van der Waals surface area contributed by atoms with E-state index in [4.69, 9.17) is 16.3 Å². The third-order valence-electron chi connectivity index (χ3n) is 3.46. The van der Waals surface area contributed by atoms with Gasteiger partial charge in [0.05, 0.1) is 17.0 Å². The molecule has 126 valence electrons. The van der Waals surface area contributed by atoms with Gasteiger partial charge in [0.2, 0.25) is 0 Å². The van der Waals surface area contributed by atoms with Crippen LogP contribution < -0.4 is 5.32 Å². The standard InChI is InChI=1S/C14H16ClNO6S/c1-14(4-5-23(20,21)8-14)16-12(18)7-22-13(19)10-3-2-9(15)6-11(10)17/h2-3,6,17H,4-5,7-8H2,1H3,(H,16,18)/t14-/m0/s1. The average Bonchev–Trinajstić information content (AvgIpc) is 2.69. The molecule has 1 aromatic rings. The van der Waals surface area contributed by atoms with Crippen LogP contribution >= 0.6 is 11.6 Å². The van der Waals surface area contributed by atoms with Crippen LogP contribution in [0.4, 0.5) is 0 Å². The number of hydrogen-bond donors (Lipinski definition) is 2. The highest BCUT2D eigenvalue weighted by atomic mass is 35.5. The third kappa shape index (κ3) is 4.59. The molecule has 1 atom stereocenters. The van der Waals surface area contributed by atoms with Gasteiger partial charge in [-0.05, 0) is 31.5 Å². The Kier molecular flexibility index (Phi) is 4.86. The first-order chi connectivity index (χ1) is 10.6. The zero-order valence-corrected chi connectivity index (χ0v) is 13.9. The monoisotopic (exact) mass is 361 g/mol. The number of aromatic hydroxyl groups is 1. The molecule has 0 spiro atoms. The molecule has 2 N–H and O–H groups in total. The summed E-state index contributed by atoms with van der Waals surface area (Å²) in [7, 11) is -3.15. The molecule has 2 rings (SSSR count). The fourth-order valence-electron chi connectivity index (χ4n) is 2.37. The maximum absolute atomic E-state index is 11.8. The van der Waals surface area contributed by atoms with Crippen molar-refractivity contribution in [2.75, 3.05) is 18.1 Å². The van der Waals surface area contributed by atoms with Crippen molar-refractivity contribution in [2.24, 2.45) is 0 Å². The van der Waals surface area contributed by atoms with Crippen molar-refractivity contribution in [1.82, 2.24) is 5.32 Å². The van der Waals surface area contributed by atoms with Crippen LogP contribution in [0.1, 0.15) is 23.7 Å². The van der Waals surface area contributed by atoms with Crippen LogP contribution in [0.2, 0.25) is 5.02 Å². The quantitative estimate of drug-likeness (QED) is 0.771. The second kappa shape index (κ2) is 6.37. The number of benzene rings is 1. The summed E-state index contributed by atoms with van der Waals surface area (Å²) in [6, 6.07) is 3.87. The van der Waals surface area contributed by atoms with Crippen LogP contribution in [0.15, 0.2) is 18.2 Å². The van der Waals surface area contributed by atoms with E-state index in [9.17, 15) is 23.1 Å². The summed E-state index contributed by atoms with van der Waals surface area (Å²) in [4.78, 5) is 23.6. The fraction of sp³-hybridized carbons (Fsp3) is 0.429. The number of hydrogen-bond acceptors (Lipinski definition) is 6. The van der Waals surface area contributed by atoms with E-state index in [0.29, 0.717) is 6.42 Å². The van der Waals surface area contributed by atoms with Crippen molar-refractivity contribution in [3.05, 3.63) is 28.8 Å². The van der Waals surface area contributed by atoms with Gasteiger partial charge in [-0.15, -0.1) is 0 Å². The summed E-state index contributed by atoms with van der Waals surface area (Å²) in [5.74, 6) is -1.96. The minimum absolute atomic E-state index is 0.0161. The van der Waals surface area contributed by atoms with Crippen LogP contribution in [0, 0.1) is 0 Å². The second-order valence-electron chi connectivity index (χ2n) is 5.69. The van der Waals surface area contributed by atoms with E-state index in [1.54, 1.807) is 6.92 Å². The van der Waals surface area contributed by atoms with Gasteiger partial charge in [-0.2, -0.15) is 0 Å². The van der Waals surface area contributed by atoms with Crippen LogP contribution in [0.3, 0.4) is 0 Å². The van der Waals surface area contributed by atoms with Crippen molar-refractivity contribution in [3.8, 4) is 5.75 Å². The molecule has 1 amide bonds. The lowest BCUT2D eigenvalue weighted by Crippen LogP contribution is -2.48. The van der Waals surface area contributed by atoms with Gasteiger partial charge in [0, 0.05) is 5.02 Å². The van der Waals surface area contributed by atoms with Crippen LogP contribution in [0.25, 0.3) is 0 Å². The number of sulfone groups is 1. The topological polar surface area (TPSA) is 110 Å². The van der Waals surface area contributed by atoms with Crippen molar-refractivity contribution >= 4 is 33.3 Å². The predicted molar refractivity (Wildman–Crippen MR) is 83.2 cm³/mol. The van der Waals surface area contributed by atoms with Crippen LogP contribution in [-0.4, -0.2) is 49.1 Å². The molecule has 0 radical (unpaired) electrons. The molecule has 1 aliphatic rings. The highest BCUT2D eigenvalue weighted by Gasteiger charge is 2.39. The molecule has 1 aliphatic heterocycles. The molecule has 1 aromatic carbocycles. The summed E-state index contributed by atoms with van der Waals surface area (Å²) in [5.41, 5.74) is -0.970. The van der Waals surface area contributed by atoms with Crippen LogP contribution in [-0.2, 0) is 19.4 Å². The lowest BCUT2D eigenvalue weighted by molar-refractivity contribution is -0.125. The van der Waals surface area contributed by atoms with E-state index in [1.807, 2.05) is 0 Å². The molecular weight excluding hydrogens is 346 g/mol. The summed E-state index contributed by atoms with van der Waals surface area (Å²) >= 11 is 5.66. The zero-order chi connectivity index (χ0) is 17.3. The molecular formula is C14H16ClNO6S. The highest BCUT2D eigenvalue weighted by molar-refractivity contribution is 7.91. The number of carbonyl (C=O) groups is 2. The number of carbonyl (C=O) groups excluding carboxylic acids is 2. The Labute approximate surface area is 138 Å². The average molecular weight is 362 g/mol. The molecule has 0 aromatic heterocycles. The molecule has 23 heavy (non-hydrogen) atoms. The van der Waals surface area contributed by atoms with Crippen LogP contribution in [0.5, 0.6) is 5.75 Å². The van der Waals surface area contributed by atoms with Crippen molar-refractivity contribution in [1.29, 1.82) is 0 Å². The summed E-state index contributed by atoms with van der Waals surface area (Å²) < 4.78 is 27.8. The maximum atomic E-state index is 11.8. The smallest absolute Gasteiger partial charge is 0.342 e. The molecule has 1 saturated heterocycles. The largest absolute Gasteiger partial charge is 0.507 e. The Bertz CT molecular complexity index is 748. The lowest BCUT2D eigenvalue weighted by atomic mass is 10.0. The number of ether oxygens (including phenoxy) is 1. The number of esters is 1. The highest BCUT2D eigenvalue weighted by Crippen LogP contribution is 2.23. The molecule has 0 unspecified atom stereocenters. The van der Waals surface area contributed by atoms with Gasteiger partial charge in [0.1, 0.15) is 11.3 Å². The Morgan fingerprint density at radius 2 is 2.13 bits per heavy atom. The van der Waals surface area contributed by atoms with Gasteiger partial charge in [-0.1, -0.05) is 11.6 Å². The number of rotatable bonds is 4.